The number of nitrogens with two attached hydrogens (primary N) is 1. The van der Waals surface area contributed by atoms with Crippen LogP contribution < -0.4 is 15.8 Å². The molecular formula is C26H30Cl2N2O4. The number of rotatable bonds is 13. The molecule has 6 nitrogen and oxygen atoms in total. The van der Waals surface area contributed by atoms with Gasteiger partial charge in [-0.1, -0.05) is 66.0 Å². The van der Waals surface area contributed by atoms with E-state index in [1.54, 1.807) is 12.1 Å². The standard InChI is InChI=1S/C26H30Cl2N2O4/c27-21-15-19(16-22(28)26(21)29)23(31)17-30-12-5-1-2-11-25(32)34-14-13-33-24-10-6-8-18-7-3-4-9-20(18)24/h3-4,6-10,15-16,23,30-31H,1-2,5,11-14,17,29H2. The summed E-state index contributed by atoms with van der Waals surface area (Å²) in [6.45, 7) is 1.63. The van der Waals surface area contributed by atoms with Crippen molar-refractivity contribution in [3.8, 4) is 5.75 Å². The summed E-state index contributed by atoms with van der Waals surface area (Å²) in [5.41, 5.74) is 6.64. The first-order chi connectivity index (χ1) is 16.5. The highest BCUT2D eigenvalue weighted by Crippen LogP contribution is 2.31. The minimum Gasteiger partial charge on any atom is -0.489 e. The van der Waals surface area contributed by atoms with Crippen molar-refractivity contribution in [2.75, 3.05) is 32.0 Å². The molecule has 8 heteroatoms. The van der Waals surface area contributed by atoms with Crippen LogP contribution in [0.25, 0.3) is 10.8 Å². The van der Waals surface area contributed by atoms with Crippen LogP contribution in [-0.2, 0) is 9.53 Å². The molecule has 0 radical (unpaired) electrons. The van der Waals surface area contributed by atoms with Crippen molar-refractivity contribution in [3.63, 3.8) is 0 Å². The van der Waals surface area contributed by atoms with Crippen molar-refractivity contribution in [1.82, 2.24) is 5.32 Å². The molecule has 3 aromatic rings. The van der Waals surface area contributed by atoms with Crippen LogP contribution in [0.4, 0.5) is 5.69 Å². The smallest absolute Gasteiger partial charge is 0.305 e. The average Bonchev–Trinajstić information content (AvgIpc) is 2.84. The van der Waals surface area contributed by atoms with E-state index in [1.165, 1.54) is 0 Å². The topological polar surface area (TPSA) is 93.8 Å². The van der Waals surface area contributed by atoms with Crippen LogP contribution in [0.3, 0.4) is 0 Å². The van der Waals surface area contributed by atoms with Crippen LogP contribution in [0, 0.1) is 0 Å². The van der Waals surface area contributed by atoms with Crippen LogP contribution in [0.5, 0.6) is 5.75 Å². The molecule has 0 saturated heterocycles. The quantitative estimate of drug-likeness (QED) is 0.161. The zero-order valence-corrected chi connectivity index (χ0v) is 20.4. The van der Waals surface area contributed by atoms with E-state index < -0.39 is 6.10 Å². The lowest BCUT2D eigenvalue weighted by molar-refractivity contribution is -0.144. The monoisotopic (exact) mass is 504 g/mol. The van der Waals surface area contributed by atoms with Gasteiger partial charge in [-0.3, -0.25) is 4.79 Å². The number of aliphatic hydroxyl groups excluding tert-OH is 1. The summed E-state index contributed by atoms with van der Waals surface area (Å²) in [7, 11) is 0. The number of unbranched alkanes of at least 4 members (excludes halogenated alkanes) is 2. The molecule has 0 fully saturated rings. The number of benzene rings is 3. The highest BCUT2D eigenvalue weighted by atomic mass is 35.5. The Morgan fingerprint density at radius 2 is 1.74 bits per heavy atom. The fourth-order valence-electron chi connectivity index (χ4n) is 3.55. The predicted molar refractivity (Wildman–Crippen MR) is 138 cm³/mol. The number of hydrogen-bond donors (Lipinski definition) is 3. The maximum absolute atomic E-state index is 11.9. The van der Waals surface area contributed by atoms with E-state index in [0.717, 1.165) is 42.3 Å². The Labute approximate surface area is 209 Å². The zero-order chi connectivity index (χ0) is 24.3. The van der Waals surface area contributed by atoms with Gasteiger partial charge in [0.1, 0.15) is 19.0 Å². The van der Waals surface area contributed by atoms with E-state index >= 15 is 0 Å². The fraction of sp³-hybridized carbons (Fsp3) is 0.346. The molecule has 0 saturated carbocycles. The lowest BCUT2D eigenvalue weighted by atomic mass is 10.1. The largest absolute Gasteiger partial charge is 0.489 e. The van der Waals surface area contributed by atoms with Gasteiger partial charge in [-0.15, -0.1) is 0 Å². The van der Waals surface area contributed by atoms with Crippen LogP contribution in [0.1, 0.15) is 37.4 Å². The third kappa shape index (κ3) is 7.77. The van der Waals surface area contributed by atoms with Crippen LogP contribution >= 0.6 is 23.2 Å². The second kappa shape index (κ2) is 13.4. The summed E-state index contributed by atoms with van der Waals surface area (Å²) in [5, 5.41) is 16.3. The lowest BCUT2D eigenvalue weighted by Crippen LogP contribution is -2.22. The molecule has 0 heterocycles. The van der Waals surface area contributed by atoms with Gasteiger partial charge in [-0.05, 0) is 48.5 Å². The van der Waals surface area contributed by atoms with Crippen LogP contribution in [0.2, 0.25) is 10.0 Å². The summed E-state index contributed by atoms with van der Waals surface area (Å²) in [5.74, 6) is 0.566. The Kier molecular flexibility index (Phi) is 10.3. The SMILES string of the molecule is Nc1c(Cl)cc(C(O)CNCCCCCC(=O)OCCOc2cccc3ccccc23)cc1Cl. The number of anilines is 1. The third-order valence-corrected chi connectivity index (χ3v) is 6.04. The number of ether oxygens (including phenoxy) is 2. The highest BCUT2D eigenvalue weighted by molar-refractivity contribution is 6.38. The lowest BCUT2D eigenvalue weighted by Gasteiger charge is -2.14. The highest BCUT2D eigenvalue weighted by Gasteiger charge is 2.12. The number of halogens is 2. The number of esters is 1. The molecule has 34 heavy (non-hydrogen) atoms. The summed E-state index contributed by atoms with van der Waals surface area (Å²) < 4.78 is 11.1. The predicted octanol–water partition coefficient (Wildman–Crippen LogP) is 5.53. The minimum absolute atomic E-state index is 0.220. The molecule has 1 atom stereocenters. The van der Waals surface area contributed by atoms with Crippen molar-refractivity contribution < 1.29 is 19.4 Å². The average molecular weight is 505 g/mol. The molecule has 3 rings (SSSR count). The summed E-state index contributed by atoms with van der Waals surface area (Å²) >= 11 is 12.0. The Balaban J connectivity index is 1.23. The summed E-state index contributed by atoms with van der Waals surface area (Å²) in [6, 6.07) is 17.1. The van der Waals surface area contributed by atoms with Gasteiger partial charge >= 0.3 is 5.97 Å². The Bertz CT molecular complexity index is 1070. The van der Waals surface area contributed by atoms with Crippen molar-refractivity contribution in [2.45, 2.75) is 31.8 Å². The van der Waals surface area contributed by atoms with Crippen LogP contribution in [-0.4, -0.2) is 37.4 Å². The number of fused-ring (bicyclic) bond motifs is 1. The van der Waals surface area contributed by atoms with Gasteiger partial charge in [0.25, 0.3) is 0 Å². The molecule has 0 aromatic heterocycles. The number of hydrogen-bond acceptors (Lipinski definition) is 6. The van der Waals surface area contributed by atoms with E-state index in [4.69, 9.17) is 38.4 Å². The van der Waals surface area contributed by atoms with Gasteiger partial charge in [-0.2, -0.15) is 0 Å². The van der Waals surface area contributed by atoms with Gasteiger partial charge in [0.15, 0.2) is 0 Å². The van der Waals surface area contributed by atoms with Gasteiger partial charge in [-0.25, -0.2) is 0 Å². The molecular weight excluding hydrogens is 475 g/mol. The molecule has 0 aliphatic heterocycles. The van der Waals surface area contributed by atoms with Crippen molar-refractivity contribution in [1.29, 1.82) is 0 Å². The molecule has 1 unspecified atom stereocenters. The first-order valence-electron chi connectivity index (χ1n) is 11.3. The van der Waals surface area contributed by atoms with Crippen molar-refractivity contribution >= 4 is 45.6 Å². The molecule has 182 valence electrons. The van der Waals surface area contributed by atoms with E-state index in [2.05, 4.69) is 5.32 Å². The zero-order valence-electron chi connectivity index (χ0n) is 18.9. The maximum atomic E-state index is 11.9. The maximum Gasteiger partial charge on any atom is 0.305 e. The number of aliphatic hydroxyl groups is 1. The molecule has 0 aliphatic carbocycles. The first kappa shape index (κ1) is 26.1. The van der Waals surface area contributed by atoms with Gasteiger partial charge in [0.05, 0.1) is 21.8 Å². The molecule has 0 bridgehead atoms. The molecule has 4 N–H and O–H groups in total. The first-order valence-corrected chi connectivity index (χ1v) is 12.1. The number of nitrogens with one attached hydrogen (secondary N) is 1. The number of nitrogen functional groups attached to an aromatic ring is 1. The van der Waals surface area contributed by atoms with E-state index in [1.807, 2.05) is 42.5 Å². The summed E-state index contributed by atoms with van der Waals surface area (Å²) in [6.07, 6.45) is 2.15. The molecule has 0 spiro atoms. The van der Waals surface area contributed by atoms with Gasteiger partial charge in [0, 0.05) is 18.4 Å². The van der Waals surface area contributed by atoms with Crippen LogP contribution in [0.15, 0.2) is 54.6 Å². The van der Waals surface area contributed by atoms with Crippen molar-refractivity contribution in [2.24, 2.45) is 0 Å². The Morgan fingerprint density at radius 1 is 1.00 bits per heavy atom. The third-order valence-electron chi connectivity index (χ3n) is 5.41. The molecule has 0 amide bonds. The van der Waals surface area contributed by atoms with Crippen molar-refractivity contribution in [3.05, 3.63) is 70.2 Å². The second-order valence-corrected chi connectivity index (χ2v) is 8.79. The molecule has 3 aromatic carbocycles. The number of carbonyl (C=O) groups is 1. The van der Waals surface area contributed by atoms with E-state index in [-0.39, 0.29) is 12.6 Å². The second-order valence-electron chi connectivity index (χ2n) is 7.98. The summed E-state index contributed by atoms with van der Waals surface area (Å²) in [4.78, 5) is 11.9. The fourth-order valence-corrected chi connectivity index (χ4v) is 4.05. The normalized spacial score (nSPS) is 12.0. The van der Waals surface area contributed by atoms with E-state index in [0.29, 0.717) is 40.9 Å². The van der Waals surface area contributed by atoms with Gasteiger partial charge < -0.3 is 25.6 Å². The Morgan fingerprint density at radius 3 is 2.53 bits per heavy atom. The van der Waals surface area contributed by atoms with E-state index in [9.17, 15) is 9.90 Å². The number of carbonyl (C=O) groups excluding carboxylic acids is 1. The van der Waals surface area contributed by atoms with Gasteiger partial charge in [0.2, 0.25) is 0 Å². The molecule has 0 aliphatic rings. The minimum atomic E-state index is -0.735. The Hall–Kier alpha value is -2.51.